The lowest BCUT2D eigenvalue weighted by atomic mass is 9.78. The van der Waals surface area contributed by atoms with E-state index in [-0.39, 0.29) is 17.0 Å². The van der Waals surface area contributed by atoms with Gasteiger partial charge in [0.05, 0.1) is 0 Å². The molecule has 1 aromatic rings. The molecule has 1 heterocycles. The Morgan fingerprint density at radius 1 is 1.20 bits per heavy atom. The van der Waals surface area contributed by atoms with Crippen LogP contribution in [0.1, 0.15) is 54.7 Å². The Morgan fingerprint density at radius 3 is 2.70 bits per heavy atom. The van der Waals surface area contributed by atoms with E-state index in [4.69, 9.17) is 0 Å². The van der Waals surface area contributed by atoms with E-state index in [9.17, 15) is 4.79 Å². The van der Waals surface area contributed by atoms with Crippen LogP contribution in [0, 0.1) is 6.92 Å². The Kier molecular flexibility index (Phi) is 3.28. The van der Waals surface area contributed by atoms with Crippen LogP contribution in [-0.4, -0.2) is 29.0 Å². The zero-order chi connectivity index (χ0) is 14.2. The van der Waals surface area contributed by atoms with E-state index in [0.29, 0.717) is 5.69 Å². The molecule has 4 nitrogen and oxygen atoms in total. The van der Waals surface area contributed by atoms with Gasteiger partial charge in [-0.2, -0.15) is 0 Å². The molecule has 0 unspecified atom stereocenters. The molecule has 1 amide bonds. The molecule has 2 bridgehead atoms. The Morgan fingerprint density at radius 2 is 1.95 bits per heavy atom. The smallest absolute Gasteiger partial charge is 0.270 e. The molecule has 0 saturated heterocycles. The molecule has 20 heavy (non-hydrogen) atoms. The molecule has 1 aromatic heterocycles. The molecular formula is C16H23N3O. The number of aryl methyl sites for hydroxylation is 1. The van der Waals surface area contributed by atoms with Crippen LogP contribution in [0.5, 0.6) is 0 Å². The van der Waals surface area contributed by atoms with Crippen LogP contribution in [0.4, 0.5) is 0 Å². The number of hydrogen-bond acceptors (Lipinski definition) is 3. The summed E-state index contributed by atoms with van der Waals surface area (Å²) in [5, 5.41) is 6.77. The lowest BCUT2D eigenvalue weighted by molar-refractivity contribution is 0.0865. The van der Waals surface area contributed by atoms with Crippen molar-refractivity contribution in [3.63, 3.8) is 0 Å². The molecule has 108 valence electrons. The summed E-state index contributed by atoms with van der Waals surface area (Å²) in [6.07, 6.45) is 6.78. The van der Waals surface area contributed by atoms with Crippen molar-refractivity contribution in [3.05, 3.63) is 29.6 Å². The van der Waals surface area contributed by atoms with Gasteiger partial charge in [-0.15, -0.1) is 0 Å². The van der Waals surface area contributed by atoms with Crippen LogP contribution in [-0.2, 0) is 0 Å². The number of hydrogen-bond donors (Lipinski definition) is 2. The van der Waals surface area contributed by atoms with Crippen molar-refractivity contribution in [2.75, 3.05) is 7.05 Å². The molecule has 3 rings (SSSR count). The molecule has 0 spiro atoms. The highest BCUT2D eigenvalue weighted by Gasteiger charge is 2.50. The van der Waals surface area contributed by atoms with Gasteiger partial charge in [-0.1, -0.05) is 6.07 Å². The van der Waals surface area contributed by atoms with E-state index in [1.807, 2.05) is 26.1 Å². The maximum absolute atomic E-state index is 12.4. The number of pyridine rings is 1. The second-order valence-electron chi connectivity index (χ2n) is 6.46. The number of aromatic nitrogens is 1. The number of carbonyl (C=O) groups excluding carboxylic acids is 1. The maximum Gasteiger partial charge on any atom is 0.270 e. The quantitative estimate of drug-likeness (QED) is 0.887. The molecular weight excluding hydrogens is 250 g/mol. The average Bonchev–Trinajstić information content (AvgIpc) is 2.70. The Balaban J connectivity index is 1.76. The minimum Gasteiger partial charge on any atom is -0.345 e. The van der Waals surface area contributed by atoms with Crippen LogP contribution in [0.25, 0.3) is 0 Å². The molecule has 2 fully saturated rings. The number of rotatable bonds is 3. The molecule has 4 heteroatoms. The number of nitrogens with zero attached hydrogens (tertiary/aromatic N) is 1. The van der Waals surface area contributed by atoms with Gasteiger partial charge < -0.3 is 10.6 Å². The second kappa shape index (κ2) is 4.85. The molecule has 2 aliphatic carbocycles. The zero-order valence-electron chi connectivity index (χ0n) is 12.3. The van der Waals surface area contributed by atoms with E-state index in [0.717, 1.165) is 31.4 Å². The second-order valence-corrected chi connectivity index (χ2v) is 6.46. The van der Waals surface area contributed by atoms with Crippen LogP contribution in [0.3, 0.4) is 0 Å². The minimum absolute atomic E-state index is 0.0240. The lowest BCUT2D eigenvalue weighted by Gasteiger charge is -2.39. The largest absolute Gasteiger partial charge is 0.345 e. The summed E-state index contributed by atoms with van der Waals surface area (Å²) in [5.74, 6) is -0.0255. The first-order valence-electron chi connectivity index (χ1n) is 7.52. The van der Waals surface area contributed by atoms with Gasteiger partial charge in [0, 0.05) is 16.8 Å². The van der Waals surface area contributed by atoms with E-state index in [2.05, 4.69) is 15.6 Å². The standard InChI is InChI=1S/C16H23N3O/c1-12-5-3-6-13(18-12)14(20)19-16-8-4-7-15(11-16,17-2)9-10-16/h3,5-6,17H,4,7-11H2,1-2H3,(H,19,20)/t15-,16+/m0/s1. The highest BCUT2D eigenvalue weighted by atomic mass is 16.2. The summed E-state index contributed by atoms with van der Waals surface area (Å²) < 4.78 is 0. The zero-order valence-corrected chi connectivity index (χ0v) is 12.3. The monoisotopic (exact) mass is 273 g/mol. The van der Waals surface area contributed by atoms with Gasteiger partial charge >= 0.3 is 0 Å². The molecule has 0 aromatic carbocycles. The van der Waals surface area contributed by atoms with E-state index in [1.165, 1.54) is 12.8 Å². The van der Waals surface area contributed by atoms with Gasteiger partial charge in [-0.3, -0.25) is 4.79 Å². The summed E-state index contributed by atoms with van der Waals surface area (Å²) in [6.45, 7) is 1.91. The van der Waals surface area contributed by atoms with E-state index >= 15 is 0 Å². The Hall–Kier alpha value is -1.42. The fourth-order valence-corrected chi connectivity index (χ4v) is 3.98. The minimum atomic E-state index is -0.0255. The predicted molar refractivity (Wildman–Crippen MR) is 78.7 cm³/mol. The summed E-state index contributed by atoms with van der Waals surface area (Å²) in [6, 6.07) is 5.60. The summed E-state index contributed by atoms with van der Waals surface area (Å²) in [7, 11) is 2.05. The number of nitrogens with one attached hydrogen (secondary N) is 2. The highest BCUT2D eigenvalue weighted by Crippen LogP contribution is 2.47. The van der Waals surface area contributed by atoms with Crippen LogP contribution >= 0.6 is 0 Å². The van der Waals surface area contributed by atoms with E-state index < -0.39 is 0 Å². The first-order chi connectivity index (χ1) is 9.56. The summed E-state index contributed by atoms with van der Waals surface area (Å²) in [4.78, 5) is 16.8. The van der Waals surface area contributed by atoms with Gasteiger partial charge in [0.1, 0.15) is 5.69 Å². The third-order valence-electron chi connectivity index (χ3n) is 5.10. The number of fused-ring (bicyclic) bond motifs is 2. The van der Waals surface area contributed by atoms with Crippen molar-refractivity contribution >= 4 is 5.91 Å². The van der Waals surface area contributed by atoms with Crippen LogP contribution in [0.15, 0.2) is 18.2 Å². The normalized spacial score (nSPS) is 32.1. The van der Waals surface area contributed by atoms with Gasteiger partial charge in [-0.05, 0) is 64.6 Å². The number of amides is 1. The van der Waals surface area contributed by atoms with Crippen molar-refractivity contribution < 1.29 is 4.79 Å². The average molecular weight is 273 g/mol. The summed E-state index contributed by atoms with van der Waals surface area (Å²) in [5.41, 5.74) is 1.64. The van der Waals surface area contributed by atoms with Crippen molar-refractivity contribution in [2.45, 2.75) is 56.5 Å². The van der Waals surface area contributed by atoms with Crippen molar-refractivity contribution in [1.29, 1.82) is 0 Å². The number of carbonyl (C=O) groups is 1. The SMILES string of the molecule is CN[C@@]12CCC[C@@](NC(=O)c3cccc(C)n3)(CC1)C2. The fourth-order valence-electron chi connectivity index (χ4n) is 3.98. The first kappa shape index (κ1) is 13.6. The molecule has 2 saturated carbocycles. The van der Waals surface area contributed by atoms with Gasteiger partial charge in [0.25, 0.3) is 5.91 Å². The van der Waals surface area contributed by atoms with Crippen LogP contribution < -0.4 is 10.6 Å². The van der Waals surface area contributed by atoms with Gasteiger partial charge in [0.15, 0.2) is 0 Å². The Bertz CT molecular complexity index is 530. The van der Waals surface area contributed by atoms with E-state index in [1.54, 1.807) is 6.07 Å². The van der Waals surface area contributed by atoms with Crippen molar-refractivity contribution in [2.24, 2.45) is 0 Å². The topological polar surface area (TPSA) is 54.0 Å². The fraction of sp³-hybridized carbons (Fsp3) is 0.625. The lowest BCUT2D eigenvalue weighted by Crippen LogP contribution is -2.53. The molecule has 2 aliphatic rings. The first-order valence-corrected chi connectivity index (χ1v) is 7.52. The molecule has 2 atom stereocenters. The van der Waals surface area contributed by atoms with Crippen molar-refractivity contribution in [1.82, 2.24) is 15.6 Å². The summed E-state index contributed by atoms with van der Waals surface area (Å²) >= 11 is 0. The van der Waals surface area contributed by atoms with Gasteiger partial charge in [0.2, 0.25) is 0 Å². The van der Waals surface area contributed by atoms with Crippen LogP contribution in [0.2, 0.25) is 0 Å². The predicted octanol–water partition coefficient (Wildman–Crippen LogP) is 2.18. The molecule has 0 radical (unpaired) electrons. The highest BCUT2D eigenvalue weighted by molar-refractivity contribution is 5.92. The molecule has 0 aliphatic heterocycles. The Labute approximate surface area is 120 Å². The van der Waals surface area contributed by atoms with Gasteiger partial charge in [-0.25, -0.2) is 4.98 Å². The molecule has 2 N–H and O–H groups in total. The van der Waals surface area contributed by atoms with Crippen molar-refractivity contribution in [3.8, 4) is 0 Å². The third-order valence-corrected chi connectivity index (χ3v) is 5.10. The third kappa shape index (κ3) is 2.33. The maximum atomic E-state index is 12.4.